The number of ether oxygens (including phenoxy) is 2. The quantitative estimate of drug-likeness (QED) is 0.322. The van der Waals surface area contributed by atoms with Crippen LogP contribution in [0.4, 0.5) is 0 Å². The third-order valence-electron chi connectivity index (χ3n) is 4.23. The third-order valence-corrected chi connectivity index (χ3v) is 4.23. The van der Waals surface area contributed by atoms with Crippen molar-refractivity contribution in [2.24, 2.45) is 5.92 Å². The maximum absolute atomic E-state index is 12.1. The molecule has 0 N–H and O–H groups in total. The molecular formula is C22H30N2O3. The molecule has 0 saturated carbocycles. The largest absolute Gasteiger partial charge is 0.426 e. The van der Waals surface area contributed by atoms with Crippen molar-refractivity contribution >= 4 is 5.97 Å². The summed E-state index contributed by atoms with van der Waals surface area (Å²) >= 11 is 0. The minimum Gasteiger partial charge on any atom is -0.426 e. The van der Waals surface area contributed by atoms with Gasteiger partial charge < -0.3 is 9.47 Å². The minimum atomic E-state index is -0.289. The molecule has 0 saturated heterocycles. The molecule has 1 unspecified atom stereocenters. The lowest BCUT2D eigenvalue weighted by atomic mass is 10.1. The van der Waals surface area contributed by atoms with Gasteiger partial charge in [-0.2, -0.15) is 0 Å². The van der Waals surface area contributed by atoms with E-state index in [2.05, 4.69) is 16.9 Å². The zero-order valence-electron chi connectivity index (χ0n) is 16.6. The molecule has 0 spiro atoms. The summed E-state index contributed by atoms with van der Waals surface area (Å²) in [7, 11) is 0. The Labute approximate surface area is 162 Å². The smallest absolute Gasteiger partial charge is 0.316 e. The molecule has 0 aliphatic rings. The van der Waals surface area contributed by atoms with E-state index in [0.717, 1.165) is 36.2 Å². The number of rotatable bonds is 11. The maximum Gasteiger partial charge on any atom is 0.316 e. The topological polar surface area (TPSA) is 61.3 Å². The molecule has 1 aromatic heterocycles. The number of esters is 1. The molecule has 0 bridgehead atoms. The summed E-state index contributed by atoms with van der Waals surface area (Å²) in [6, 6.07) is 7.34. The van der Waals surface area contributed by atoms with Crippen LogP contribution in [-0.2, 0) is 16.0 Å². The van der Waals surface area contributed by atoms with Crippen LogP contribution in [0, 0.1) is 5.92 Å². The van der Waals surface area contributed by atoms with Crippen LogP contribution < -0.4 is 4.74 Å². The number of benzene rings is 1. The van der Waals surface area contributed by atoms with E-state index in [1.54, 1.807) is 18.3 Å². The highest BCUT2D eigenvalue weighted by molar-refractivity contribution is 5.75. The molecule has 146 valence electrons. The summed E-state index contributed by atoms with van der Waals surface area (Å²) in [6.45, 7) is 7.07. The van der Waals surface area contributed by atoms with Gasteiger partial charge in [0.2, 0.25) is 0 Å². The molecule has 5 nitrogen and oxygen atoms in total. The molecule has 1 aromatic carbocycles. The van der Waals surface area contributed by atoms with Gasteiger partial charge in [0.1, 0.15) is 5.75 Å². The molecule has 1 heterocycles. The van der Waals surface area contributed by atoms with Crippen molar-refractivity contribution in [3.05, 3.63) is 42.4 Å². The number of carbonyl (C=O) groups is 1. The maximum atomic E-state index is 12.1. The summed E-state index contributed by atoms with van der Waals surface area (Å²) in [4.78, 5) is 21.1. The number of aromatic nitrogens is 2. The van der Waals surface area contributed by atoms with E-state index in [1.807, 2.05) is 32.2 Å². The Morgan fingerprint density at radius 1 is 1.04 bits per heavy atom. The van der Waals surface area contributed by atoms with Crippen molar-refractivity contribution in [3.8, 4) is 17.0 Å². The van der Waals surface area contributed by atoms with Crippen LogP contribution in [0.25, 0.3) is 11.3 Å². The monoisotopic (exact) mass is 370 g/mol. The van der Waals surface area contributed by atoms with Gasteiger partial charge >= 0.3 is 5.97 Å². The van der Waals surface area contributed by atoms with E-state index < -0.39 is 0 Å². The van der Waals surface area contributed by atoms with E-state index in [1.165, 1.54) is 12.8 Å². The Kier molecular flexibility index (Phi) is 8.92. The van der Waals surface area contributed by atoms with Gasteiger partial charge in [-0.1, -0.05) is 26.7 Å². The lowest BCUT2D eigenvalue weighted by Crippen LogP contribution is -2.22. The summed E-state index contributed by atoms with van der Waals surface area (Å²) in [5.74, 6) is -0.0485. The first-order valence-electron chi connectivity index (χ1n) is 9.84. The van der Waals surface area contributed by atoms with Gasteiger partial charge in [0.25, 0.3) is 0 Å². The lowest BCUT2D eigenvalue weighted by Gasteiger charge is -2.11. The zero-order chi connectivity index (χ0) is 19.5. The highest BCUT2D eigenvalue weighted by Gasteiger charge is 2.15. The van der Waals surface area contributed by atoms with Gasteiger partial charge in [-0.25, -0.2) is 0 Å². The molecule has 0 fully saturated rings. The second kappa shape index (κ2) is 11.4. The fourth-order valence-electron chi connectivity index (χ4n) is 2.57. The van der Waals surface area contributed by atoms with E-state index in [4.69, 9.17) is 9.47 Å². The number of hydrogen-bond donors (Lipinski definition) is 0. The Bertz CT molecular complexity index is 684. The van der Waals surface area contributed by atoms with E-state index in [9.17, 15) is 4.79 Å². The van der Waals surface area contributed by atoms with E-state index in [0.29, 0.717) is 19.0 Å². The molecule has 2 rings (SSSR count). The fourth-order valence-corrected chi connectivity index (χ4v) is 2.57. The molecule has 0 radical (unpaired) electrons. The second-order valence-electron chi connectivity index (χ2n) is 6.77. The van der Waals surface area contributed by atoms with Crippen molar-refractivity contribution in [1.29, 1.82) is 0 Å². The lowest BCUT2D eigenvalue weighted by molar-refractivity contribution is -0.140. The Morgan fingerprint density at radius 3 is 2.44 bits per heavy atom. The molecule has 27 heavy (non-hydrogen) atoms. The highest BCUT2D eigenvalue weighted by atomic mass is 16.5. The van der Waals surface area contributed by atoms with Crippen molar-refractivity contribution in [2.75, 3.05) is 13.2 Å². The van der Waals surface area contributed by atoms with Crippen LogP contribution in [0.5, 0.6) is 5.75 Å². The Hall–Kier alpha value is -2.27. The molecular weight excluding hydrogens is 340 g/mol. The second-order valence-corrected chi connectivity index (χ2v) is 6.77. The van der Waals surface area contributed by atoms with Crippen LogP contribution >= 0.6 is 0 Å². The predicted molar refractivity (Wildman–Crippen MR) is 107 cm³/mol. The van der Waals surface area contributed by atoms with Crippen LogP contribution in [0.1, 0.15) is 52.1 Å². The third kappa shape index (κ3) is 7.10. The fraction of sp³-hybridized carbons (Fsp3) is 0.500. The summed E-state index contributed by atoms with van der Waals surface area (Å²) in [6.07, 6.45) is 9.11. The first-order chi connectivity index (χ1) is 13.1. The molecule has 5 heteroatoms. The van der Waals surface area contributed by atoms with Crippen molar-refractivity contribution < 1.29 is 14.3 Å². The van der Waals surface area contributed by atoms with Crippen molar-refractivity contribution in [3.63, 3.8) is 0 Å². The van der Waals surface area contributed by atoms with Crippen LogP contribution in [0.2, 0.25) is 0 Å². The van der Waals surface area contributed by atoms with Gasteiger partial charge in [-0.3, -0.25) is 14.8 Å². The van der Waals surface area contributed by atoms with Crippen LogP contribution in [0.3, 0.4) is 0 Å². The summed E-state index contributed by atoms with van der Waals surface area (Å²) in [5.41, 5.74) is 2.78. The molecule has 1 atom stereocenters. The first kappa shape index (κ1) is 21.0. The Morgan fingerprint density at radius 2 is 1.81 bits per heavy atom. The molecule has 0 amide bonds. The Balaban J connectivity index is 1.89. The van der Waals surface area contributed by atoms with E-state index in [-0.39, 0.29) is 11.9 Å². The average Bonchev–Trinajstić information content (AvgIpc) is 2.69. The van der Waals surface area contributed by atoms with E-state index >= 15 is 0 Å². The van der Waals surface area contributed by atoms with Gasteiger partial charge in [0.15, 0.2) is 0 Å². The predicted octanol–water partition coefficient (Wildman–Crippen LogP) is 4.84. The summed E-state index contributed by atoms with van der Waals surface area (Å²) in [5, 5.41) is 0. The van der Waals surface area contributed by atoms with Gasteiger partial charge in [0.05, 0.1) is 30.1 Å². The number of aryl methyl sites for hydroxylation is 1. The number of hydrogen-bond acceptors (Lipinski definition) is 5. The van der Waals surface area contributed by atoms with Crippen molar-refractivity contribution in [1.82, 2.24) is 9.97 Å². The average molecular weight is 370 g/mol. The van der Waals surface area contributed by atoms with Crippen LogP contribution in [-0.4, -0.2) is 29.2 Å². The van der Waals surface area contributed by atoms with Crippen LogP contribution in [0.15, 0.2) is 36.7 Å². The summed E-state index contributed by atoms with van der Waals surface area (Å²) < 4.78 is 10.8. The standard InChI is InChI=1S/C22H30N2O3/c1-4-6-7-8-19-14-24-21(15-23-19)18-9-11-20(12-10-18)27-22(25)17(3)16-26-13-5-2/h9-12,14-15,17H,4-8,13,16H2,1-3H3. The van der Waals surface area contributed by atoms with Gasteiger partial charge in [-0.05, 0) is 50.5 Å². The number of carbonyl (C=O) groups excluding carboxylic acids is 1. The normalized spacial score (nSPS) is 12.0. The van der Waals surface area contributed by atoms with Gasteiger partial charge in [-0.15, -0.1) is 0 Å². The van der Waals surface area contributed by atoms with Gasteiger partial charge in [0, 0.05) is 18.4 Å². The minimum absolute atomic E-state index is 0.282. The van der Waals surface area contributed by atoms with Crippen molar-refractivity contribution in [2.45, 2.75) is 52.9 Å². The highest BCUT2D eigenvalue weighted by Crippen LogP contribution is 2.21. The number of nitrogens with zero attached hydrogens (tertiary/aromatic N) is 2. The SMILES string of the molecule is CCCCCc1cnc(-c2ccc(OC(=O)C(C)COCCC)cc2)cn1. The molecule has 0 aliphatic carbocycles. The molecule has 0 aliphatic heterocycles. The first-order valence-corrected chi connectivity index (χ1v) is 9.84. The zero-order valence-corrected chi connectivity index (χ0v) is 16.6. The molecule has 2 aromatic rings. The number of unbranched alkanes of at least 4 members (excludes halogenated alkanes) is 2.